The summed E-state index contributed by atoms with van der Waals surface area (Å²) in [6.07, 6.45) is -3.47. The van der Waals surface area contributed by atoms with E-state index in [9.17, 15) is 19.8 Å². The minimum absolute atomic E-state index is 0.0428. The highest BCUT2D eigenvalue weighted by Gasteiger charge is 2.25. The van der Waals surface area contributed by atoms with E-state index in [0.717, 1.165) is 11.3 Å². The Kier molecular flexibility index (Phi) is 5.70. The Labute approximate surface area is 126 Å². The minimum atomic E-state index is -1.41. The van der Waals surface area contributed by atoms with Gasteiger partial charge in [0.1, 0.15) is 22.7 Å². The number of nitrogens with one attached hydrogen (secondary N) is 1. The third-order valence-electron chi connectivity index (χ3n) is 2.43. The number of amides is 1. The van der Waals surface area contributed by atoms with E-state index in [0.29, 0.717) is 0 Å². The zero-order valence-corrected chi connectivity index (χ0v) is 12.8. The van der Waals surface area contributed by atoms with Crippen LogP contribution < -0.4 is 5.32 Å². The molecule has 0 saturated heterocycles. The van der Waals surface area contributed by atoms with Crippen molar-refractivity contribution in [3.05, 3.63) is 21.9 Å². The van der Waals surface area contributed by atoms with Crippen molar-refractivity contribution >= 4 is 23.4 Å². The molecule has 2 atom stereocenters. The molecule has 0 aliphatic heterocycles. The second kappa shape index (κ2) is 6.88. The van der Waals surface area contributed by atoms with Gasteiger partial charge in [-0.15, -0.1) is 11.3 Å². The van der Waals surface area contributed by atoms with Crippen LogP contribution in [-0.2, 0) is 4.74 Å². The Balaban J connectivity index is 2.59. The largest absolute Gasteiger partial charge is 0.477 e. The average molecular weight is 317 g/mol. The predicted molar refractivity (Wildman–Crippen MR) is 76.5 cm³/mol. The van der Waals surface area contributed by atoms with Gasteiger partial charge < -0.3 is 25.4 Å². The topological polar surface area (TPSA) is 116 Å². The normalized spacial score (nSPS) is 14.3. The SMILES string of the molecule is CC(C)(C)OC(=O)NCC(O)C(O)c1ccsc1C(=O)O. The van der Waals surface area contributed by atoms with E-state index in [-0.39, 0.29) is 17.0 Å². The summed E-state index contributed by atoms with van der Waals surface area (Å²) >= 11 is 0.953. The van der Waals surface area contributed by atoms with E-state index >= 15 is 0 Å². The summed E-state index contributed by atoms with van der Waals surface area (Å²) in [4.78, 5) is 22.3. The van der Waals surface area contributed by atoms with Gasteiger partial charge >= 0.3 is 12.1 Å². The number of carboxylic acids is 1. The molecule has 1 heterocycles. The molecule has 1 aromatic rings. The van der Waals surface area contributed by atoms with Gasteiger partial charge in [0.15, 0.2) is 0 Å². The lowest BCUT2D eigenvalue weighted by atomic mass is 10.1. The summed E-state index contributed by atoms with van der Waals surface area (Å²) in [5, 5.41) is 32.6. The molecule has 2 unspecified atom stereocenters. The monoisotopic (exact) mass is 317 g/mol. The van der Waals surface area contributed by atoms with Crippen molar-refractivity contribution in [1.82, 2.24) is 5.32 Å². The van der Waals surface area contributed by atoms with Gasteiger partial charge in [-0.25, -0.2) is 9.59 Å². The molecular formula is C13H19NO6S. The van der Waals surface area contributed by atoms with Crippen LogP contribution in [0.2, 0.25) is 0 Å². The van der Waals surface area contributed by atoms with Crippen LogP contribution in [0, 0.1) is 0 Å². The molecule has 0 aromatic carbocycles. The van der Waals surface area contributed by atoms with Crippen LogP contribution in [0.25, 0.3) is 0 Å². The summed E-state index contributed by atoms with van der Waals surface area (Å²) in [5.41, 5.74) is -0.553. The standard InChI is InChI=1S/C13H19NO6S/c1-13(2,3)20-12(19)14-6-8(15)9(16)7-4-5-21-10(7)11(17)18/h4-5,8-9,15-16H,6H2,1-3H3,(H,14,19)(H,17,18). The summed E-state index contributed by atoms with van der Waals surface area (Å²) < 4.78 is 4.99. The van der Waals surface area contributed by atoms with Gasteiger partial charge in [-0.05, 0) is 32.2 Å². The van der Waals surface area contributed by atoms with Crippen LogP contribution in [0.4, 0.5) is 4.79 Å². The fraction of sp³-hybridized carbons (Fsp3) is 0.538. The molecule has 8 heteroatoms. The number of hydrogen-bond acceptors (Lipinski definition) is 6. The molecule has 1 amide bonds. The predicted octanol–water partition coefficient (Wildman–Crippen LogP) is 1.37. The Morgan fingerprint density at radius 1 is 1.38 bits per heavy atom. The molecule has 0 fully saturated rings. The van der Waals surface area contributed by atoms with E-state index in [1.165, 1.54) is 11.4 Å². The lowest BCUT2D eigenvalue weighted by Crippen LogP contribution is -2.39. The third-order valence-corrected chi connectivity index (χ3v) is 3.35. The number of carboxylic acid groups (broad SMARTS) is 1. The number of carbonyl (C=O) groups is 2. The first-order valence-corrected chi connectivity index (χ1v) is 7.13. The van der Waals surface area contributed by atoms with Gasteiger partial charge in [0, 0.05) is 12.1 Å². The number of rotatable bonds is 5. The Bertz CT molecular complexity index is 507. The van der Waals surface area contributed by atoms with Crippen LogP contribution in [-0.4, -0.2) is 45.6 Å². The second-order valence-electron chi connectivity index (χ2n) is 5.41. The second-order valence-corrected chi connectivity index (χ2v) is 6.32. The summed E-state index contributed by atoms with van der Waals surface area (Å²) in [6.45, 7) is 4.83. The number of carbonyl (C=O) groups excluding carboxylic acids is 1. The highest BCUT2D eigenvalue weighted by atomic mass is 32.1. The minimum Gasteiger partial charge on any atom is -0.477 e. The summed E-state index contributed by atoms with van der Waals surface area (Å²) in [7, 11) is 0. The van der Waals surface area contributed by atoms with Crippen molar-refractivity contribution in [3.8, 4) is 0 Å². The number of aromatic carboxylic acids is 1. The van der Waals surface area contributed by atoms with E-state index < -0.39 is 29.9 Å². The van der Waals surface area contributed by atoms with Gasteiger partial charge in [-0.2, -0.15) is 0 Å². The molecule has 0 saturated carbocycles. The number of aliphatic hydroxyl groups is 2. The van der Waals surface area contributed by atoms with E-state index in [2.05, 4.69) is 5.32 Å². The molecule has 4 N–H and O–H groups in total. The quantitative estimate of drug-likeness (QED) is 0.652. The van der Waals surface area contributed by atoms with Crippen molar-refractivity contribution in [1.29, 1.82) is 0 Å². The highest BCUT2D eigenvalue weighted by molar-refractivity contribution is 7.12. The average Bonchev–Trinajstić information content (AvgIpc) is 2.82. The van der Waals surface area contributed by atoms with Gasteiger partial charge in [-0.3, -0.25) is 0 Å². The van der Waals surface area contributed by atoms with Gasteiger partial charge in [0.2, 0.25) is 0 Å². The molecule has 0 radical (unpaired) electrons. The van der Waals surface area contributed by atoms with Crippen LogP contribution in [0.15, 0.2) is 11.4 Å². The van der Waals surface area contributed by atoms with Crippen LogP contribution in [0.1, 0.15) is 42.1 Å². The van der Waals surface area contributed by atoms with Gasteiger partial charge in [0.05, 0.1) is 0 Å². The maximum absolute atomic E-state index is 11.4. The van der Waals surface area contributed by atoms with E-state index in [1.54, 1.807) is 20.8 Å². The highest BCUT2D eigenvalue weighted by Crippen LogP contribution is 2.25. The zero-order valence-electron chi connectivity index (χ0n) is 12.0. The number of aliphatic hydroxyl groups excluding tert-OH is 2. The first-order chi connectivity index (χ1) is 9.61. The Morgan fingerprint density at radius 3 is 2.52 bits per heavy atom. The van der Waals surface area contributed by atoms with Crippen molar-refractivity contribution in [2.45, 2.75) is 38.6 Å². The molecule has 1 aromatic heterocycles. The lowest BCUT2D eigenvalue weighted by Gasteiger charge is -2.22. The molecule has 0 aliphatic carbocycles. The molecule has 21 heavy (non-hydrogen) atoms. The molecule has 0 aliphatic rings. The maximum Gasteiger partial charge on any atom is 0.407 e. The first-order valence-electron chi connectivity index (χ1n) is 6.25. The molecule has 1 rings (SSSR count). The number of ether oxygens (including phenoxy) is 1. The Morgan fingerprint density at radius 2 is 2.00 bits per heavy atom. The zero-order chi connectivity index (χ0) is 16.2. The summed E-state index contributed by atoms with van der Waals surface area (Å²) in [5.74, 6) is -1.17. The van der Waals surface area contributed by atoms with Crippen molar-refractivity contribution < 1.29 is 29.6 Å². The summed E-state index contributed by atoms with van der Waals surface area (Å²) in [6, 6.07) is 1.43. The van der Waals surface area contributed by atoms with Crippen LogP contribution >= 0.6 is 11.3 Å². The smallest absolute Gasteiger partial charge is 0.407 e. The molecule has 0 bridgehead atoms. The first kappa shape index (κ1) is 17.4. The number of alkyl carbamates (subject to hydrolysis) is 1. The van der Waals surface area contributed by atoms with Crippen molar-refractivity contribution in [2.75, 3.05) is 6.54 Å². The van der Waals surface area contributed by atoms with E-state index in [1.807, 2.05) is 0 Å². The number of hydrogen-bond donors (Lipinski definition) is 4. The van der Waals surface area contributed by atoms with Crippen LogP contribution in [0.5, 0.6) is 0 Å². The van der Waals surface area contributed by atoms with Crippen molar-refractivity contribution in [3.63, 3.8) is 0 Å². The molecule has 0 spiro atoms. The molecule has 7 nitrogen and oxygen atoms in total. The fourth-order valence-electron chi connectivity index (χ4n) is 1.55. The van der Waals surface area contributed by atoms with Gasteiger partial charge in [-0.1, -0.05) is 0 Å². The third kappa shape index (κ3) is 5.33. The number of thiophene rings is 1. The van der Waals surface area contributed by atoms with Crippen LogP contribution in [0.3, 0.4) is 0 Å². The molecular weight excluding hydrogens is 298 g/mol. The van der Waals surface area contributed by atoms with E-state index in [4.69, 9.17) is 9.84 Å². The molecule has 118 valence electrons. The lowest BCUT2D eigenvalue weighted by molar-refractivity contribution is 0.0124. The Hall–Kier alpha value is -1.64. The maximum atomic E-state index is 11.4. The fourth-order valence-corrected chi connectivity index (χ4v) is 2.32. The van der Waals surface area contributed by atoms with Gasteiger partial charge in [0.25, 0.3) is 0 Å². The van der Waals surface area contributed by atoms with Crippen molar-refractivity contribution in [2.24, 2.45) is 0 Å².